The third-order valence-electron chi connectivity index (χ3n) is 2.93. The summed E-state index contributed by atoms with van der Waals surface area (Å²) < 4.78 is 5.74. The van der Waals surface area contributed by atoms with Crippen molar-refractivity contribution in [1.82, 2.24) is 4.98 Å². The van der Waals surface area contributed by atoms with Crippen molar-refractivity contribution in [2.45, 2.75) is 13.3 Å². The lowest BCUT2D eigenvalue weighted by Gasteiger charge is -1.96. The minimum absolute atomic E-state index is 0.250. The summed E-state index contributed by atoms with van der Waals surface area (Å²) in [6.45, 7) is 2.04. The van der Waals surface area contributed by atoms with Crippen molar-refractivity contribution in [3.63, 3.8) is 0 Å². The van der Waals surface area contributed by atoms with Crippen molar-refractivity contribution in [3.8, 4) is 0 Å². The van der Waals surface area contributed by atoms with Gasteiger partial charge in [0.25, 0.3) is 0 Å². The summed E-state index contributed by atoms with van der Waals surface area (Å²) in [4.78, 5) is 20.8. The largest absolute Gasteiger partial charge is 0.440 e. The first-order chi connectivity index (χ1) is 10.1. The highest BCUT2D eigenvalue weighted by molar-refractivity contribution is 6.30. The molecule has 1 heterocycles. The van der Waals surface area contributed by atoms with E-state index in [0.717, 1.165) is 33.1 Å². The highest BCUT2D eigenvalue weighted by atomic mass is 35.5. The van der Waals surface area contributed by atoms with E-state index >= 15 is 0 Å². The Kier molecular flexibility index (Phi) is 4.88. The Bertz CT molecular complexity index is 772. The first-order valence-corrected chi connectivity index (χ1v) is 6.60. The predicted molar refractivity (Wildman–Crippen MR) is 78.0 cm³/mol. The average molecular weight is 302 g/mol. The van der Waals surface area contributed by atoms with Crippen LogP contribution in [0.5, 0.6) is 0 Å². The van der Waals surface area contributed by atoms with Crippen molar-refractivity contribution >= 4 is 28.9 Å². The van der Waals surface area contributed by atoms with Crippen LogP contribution in [0, 0.1) is 6.92 Å². The average Bonchev–Trinajstić information content (AvgIpc) is 2.86. The molecule has 3 aromatic rings. The van der Waals surface area contributed by atoms with E-state index in [1.807, 2.05) is 49.4 Å². The number of nitrogens with zero attached hydrogens (tertiary/aromatic N) is 1. The van der Waals surface area contributed by atoms with E-state index in [2.05, 4.69) is 4.98 Å². The number of carbonyl (C=O) groups excluding carboxylic acids is 2. The zero-order chi connectivity index (χ0) is 15.2. The molecule has 0 atom stereocenters. The van der Waals surface area contributed by atoms with Crippen molar-refractivity contribution in [3.05, 3.63) is 64.5 Å². The van der Waals surface area contributed by atoms with E-state index in [4.69, 9.17) is 25.6 Å². The van der Waals surface area contributed by atoms with Gasteiger partial charge in [0.15, 0.2) is 11.5 Å². The number of hydrogen-bond donors (Lipinski definition) is 0. The lowest BCUT2D eigenvalue weighted by Crippen LogP contribution is -1.87. The molecule has 1 aromatic heterocycles. The van der Waals surface area contributed by atoms with Gasteiger partial charge in [0.05, 0.1) is 0 Å². The Morgan fingerprint density at radius 1 is 1.14 bits per heavy atom. The predicted octanol–water partition coefficient (Wildman–Crippen LogP) is 3.80. The van der Waals surface area contributed by atoms with Crippen LogP contribution < -0.4 is 0 Å². The van der Waals surface area contributed by atoms with Gasteiger partial charge in [0.1, 0.15) is 5.52 Å². The normalized spacial score (nSPS) is 9.81. The fourth-order valence-corrected chi connectivity index (χ4v) is 2.11. The summed E-state index contributed by atoms with van der Waals surface area (Å²) >= 11 is 5.86. The van der Waals surface area contributed by atoms with E-state index in [-0.39, 0.29) is 6.15 Å². The zero-order valence-corrected chi connectivity index (χ0v) is 12.1. The highest BCUT2D eigenvalue weighted by Crippen LogP contribution is 2.21. The third kappa shape index (κ3) is 3.78. The fourth-order valence-electron chi connectivity index (χ4n) is 1.98. The van der Waals surface area contributed by atoms with E-state index in [9.17, 15) is 0 Å². The second-order valence-electron chi connectivity index (χ2n) is 4.42. The monoisotopic (exact) mass is 301 g/mol. The Morgan fingerprint density at radius 2 is 1.81 bits per heavy atom. The Hall–Kier alpha value is -2.42. The number of hydrogen-bond acceptors (Lipinski definition) is 4. The van der Waals surface area contributed by atoms with Gasteiger partial charge in [-0.2, -0.15) is 9.59 Å². The molecular weight excluding hydrogens is 290 g/mol. The number of rotatable bonds is 2. The van der Waals surface area contributed by atoms with Crippen LogP contribution in [-0.4, -0.2) is 11.1 Å². The van der Waals surface area contributed by atoms with Gasteiger partial charge in [0.2, 0.25) is 0 Å². The SMILES string of the molecule is Cc1cccc2oc(Cc3ccc(Cl)cc3)nc12.O=C=O. The molecule has 0 radical (unpaired) electrons. The van der Waals surface area contributed by atoms with E-state index in [0.29, 0.717) is 6.42 Å². The van der Waals surface area contributed by atoms with Crippen LogP contribution in [0.4, 0.5) is 0 Å². The third-order valence-corrected chi connectivity index (χ3v) is 3.19. The van der Waals surface area contributed by atoms with Crippen LogP contribution in [0.1, 0.15) is 17.0 Å². The number of oxazole rings is 1. The highest BCUT2D eigenvalue weighted by Gasteiger charge is 2.08. The van der Waals surface area contributed by atoms with Crippen LogP contribution in [0.2, 0.25) is 5.02 Å². The van der Waals surface area contributed by atoms with Crippen LogP contribution in [0.15, 0.2) is 46.9 Å². The Morgan fingerprint density at radius 3 is 2.43 bits per heavy atom. The summed E-state index contributed by atoms with van der Waals surface area (Å²) in [6.07, 6.45) is 0.936. The van der Waals surface area contributed by atoms with E-state index in [1.54, 1.807) is 0 Å². The number of aromatic nitrogens is 1. The van der Waals surface area contributed by atoms with Gasteiger partial charge in [-0.1, -0.05) is 35.9 Å². The van der Waals surface area contributed by atoms with Crippen LogP contribution in [0.25, 0.3) is 11.1 Å². The standard InChI is InChI=1S/C15H12ClNO.CO2/c1-10-3-2-4-13-15(10)17-14(18-13)9-11-5-7-12(16)8-6-11;2-1-3/h2-8H,9H2,1H3;. The molecule has 0 spiro atoms. The molecule has 3 rings (SSSR count). The minimum atomic E-state index is 0.250. The molecule has 0 unspecified atom stereocenters. The van der Waals surface area contributed by atoms with Crippen LogP contribution in [-0.2, 0) is 16.0 Å². The quantitative estimate of drug-likeness (QED) is 0.722. The first-order valence-electron chi connectivity index (χ1n) is 6.23. The van der Waals surface area contributed by atoms with Crippen molar-refractivity contribution in [1.29, 1.82) is 0 Å². The second-order valence-corrected chi connectivity index (χ2v) is 4.85. The summed E-state index contributed by atoms with van der Waals surface area (Å²) in [5.41, 5.74) is 4.07. The maximum absolute atomic E-state index is 8.12. The van der Waals surface area contributed by atoms with Crippen molar-refractivity contribution in [2.75, 3.05) is 0 Å². The zero-order valence-electron chi connectivity index (χ0n) is 11.3. The summed E-state index contributed by atoms with van der Waals surface area (Å²) in [5, 5.41) is 0.743. The van der Waals surface area contributed by atoms with Gasteiger partial charge in [-0.3, -0.25) is 0 Å². The molecule has 21 heavy (non-hydrogen) atoms. The second kappa shape index (κ2) is 6.84. The Balaban J connectivity index is 0.000000497. The minimum Gasteiger partial charge on any atom is -0.440 e. The van der Waals surface area contributed by atoms with Gasteiger partial charge in [-0.25, -0.2) is 4.98 Å². The summed E-state index contributed by atoms with van der Waals surface area (Å²) in [6, 6.07) is 13.7. The van der Waals surface area contributed by atoms with Gasteiger partial charge in [-0.15, -0.1) is 0 Å². The van der Waals surface area contributed by atoms with Crippen LogP contribution in [0.3, 0.4) is 0 Å². The molecule has 0 saturated carbocycles. The van der Waals surface area contributed by atoms with E-state index in [1.165, 1.54) is 0 Å². The Labute approximate surface area is 126 Å². The smallest absolute Gasteiger partial charge is 0.373 e. The summed E-state index contributed by atoms with van der Waals surface area (Å²) in [7, 11) is 0. The molecule has 0 saturated heterocycles. The molecule has 106 valence electrons. The molecule has 0 fully saturated rings. The van der Waals surface area contributed by atoms with E-state index < -0.39 is 0 Å². The molecule has 0 aliphatic rings. The first kappa shape index (κ1) is 15.0. The van der Waals surface area contributed by atoms with Gasteiger partial charge < -0.3 is 4.42 Å². The maximum atomic E-state index is 8.12. The summed E-state index contributed by atoms with van der Waals surface area (Å²) in [5.74, 6) is 0.738. The molecule has 0 aliphatic heterocycles. The lowest BCUT2D eigenvalue weighted by atomic mass is 10.1. The fraction of sp³-hybridized carbons (Fsp3) is 0.125. The molecule has 2 aromatic carbocycles. The van der Waals surface area contributed by atoms with Gasteiger partial charge >= 0.3 is 6.15 Å². The molecule has 5 heteroatoms. The molecule has 0 N–H and O–H groups in total. The number of halogens is 1. The topological polar surface area (TPSA) is 60.2 Å². The number of para-hydroxylation sites is 1. The maximum Gasteiger partial charge on any atom is 0.373 e. The molecular formula is C16H12ClNO3. The van der Waals surface area contributed by atoms with Gasteiger partial charge in [0, 0.05) is 11.4 Å². The number of aryl methyl sites for hydroxylation is 1. The van der Waals surface area contributed by atoms with Crippen molar-refractivity contribution < 1.29 is 14.0 Å². The number of fused-ring (bicyclic) bond motifs is 1. The number of benzene rings is 2. The van der Waals surface area contributed by atoms with Crippen molar-refractivity contribution in [2.24, 2.45) is 0 Å². The molecule has 4 nitrogen and oxygen atoms in total. The van der Waals surface area contributed by atoms with Gasteiger partial charge in [-0.05, 0) is 36.2 Å². The molecule has 0 amide bonds. The van der Waals surface area contributed by atoms with Crippen LogP contribution >= 0.6 is 11.6 Å². The lowest BCUT2D eigenvalue weighted by molar-refractivity contribution is -0.191. The molecule has 0 bridgehead atoms. The molecule has 0 aliphatic carbocycles.